The second kappa shape index (κ2) is 6.27. The van der Waals surface area contributed by atoms with Gasteiger partial charge in [0.05, 0.1) is 24.6 Å². The van der Waals surface area contributed by atoms with E-state index in [4.69, 9.17) is 16.3 Å². The van der Waals surface area contributed by atoms with E-state index in [-0.39, 0.29) is 11.9 Å². The van der Waals surface area contributed by atoms with Gasteiger partial charge in [-0.15, -0.1) is 0 Å². The number of nitrogens with one attached hydrogen (secondary N) is 2. The Hall–Kier alpha value is -2.21. The third-order valence-corrected chi connectivity index (χ3v) is 4.00. The maximum Gasteiger partial charge on any atom is 0.254 e. The van der Waals surface area contributed by atoms with Crippen LogP contribution in [-0.4, -0.2) is 42.3 Å². The van der Waals surface area contributed by atoms with Crippen LogP contribution in [0.5, 0.6) is 5.75 Å². The van der Waals surface area contributed by atoms with Crippen LogP contribution in [-0.2, 0) is 0 Å². The van der Waals surface area contributed by atoms with Gasteiger partial charge in [-0.05, 0) is 24.6 Å². The summed E-state index contributed by atoms with van der Waals surface area (Å²) >= 11 is 6.08. The van der Waals surface area contributed by atoms with Gasteiger partial charge in [-0.1, -0.05) is 11.6 Å². The molecule has 3 rings (SSSR count). The second-order valence-electron chi connectivity index (χ2n) is 5.21. The lowest BCUT2D eigenvalue weighted by Gasteiger charge is -2.21. The number of ether oxygens (including phenoxy) is 1. The second-order valence-corrected chi connectivity index (χ2v) is 5.64. The summed E-state index contributed by atoms with van der Waals surface area (Å²) in [6, 6.07) is 5.64. The number of aromatic amines is 1. The van der Waals surface area contributed by atoms with Gasteiger partial charge in [0.1, 0.15) is 5.75 Å². The fourth-order valence-corrected chi connectivity index (χ4v) is 2.82. The molecule has 0 radical (unpaired) electrons. The summed E-state index contributed by atoms with van der Waals surface area (Å²) in [6.45, 7) is 1.56. The molecule has 1 aliphatic heterocycles. The van der Waals surface area contributed by atoms with Crippen LogP contribution in [0.1, 0.15) is 16.8 Å². The molecule has 6 nitrogen and oxygen atoms in total. The number of nitrogens with zero attached hydrogens (tertiary/aromatic N) is 2. The number of anilines is 1. The van der Waals surface area contributed by atoms with Crippen LogP contribution in [0.3, 0.4) is 0 Å². The van der Waals surface area contributed by atoms with Gasteiger partial charge in [0.2, 0.25) is 0 Å². The monoisotopic (exact) mass is 320 g/mol. The zero-order valence-corrected chi connectivity index (χ0v) is 12.9. The number of H-pyrrole nitrogens is 1. The van der Waals surface area contributed by atoms with Crippen molar-refractivity contribution in [3.63, 3.8) is 0 Å². The number of amides is 1. The molecule has 1 fully saturated rings. The van der Waals surface area contributed by atoms with Crippen molar-refractivity contribution in [2.45, 2.75) is 12.5 Å². The molecule has 2 N–H and O–H groups in total. The first-order valence-corrected chi connectivity index (χ1v) is 7.43. The van der Waals surface area contributed by atoms with Crippen molar-refractivity contribution in [3.05, 3.63) is 41.2 Å². The Labute approximate surface area is 133 Å². The van der Waals surface area contributed by atoms with E-state index in [1.54, 1.807) is 19.4 Å². The first-order valence-electron chi connectivity index (χ1n) is 7.05. The molecule has 1 saturated heterocycles. The summed E-state index contributed by atoms with van der Waals surface area (Å²) in [5, 5.41) is 10.1. The largest absolute Gasteiger partial charge is 0.495 e. The number of aromatic nitrogens is 2. The highest BCUT2D eigenvalue weighted by atomic mass is 35.5. The van der Waals surface area contributed by atoms with Crippen LogP contribution < -0.4 is 15.0 Å². The van der Waals surface area contributed by atoms with Gasteiger partial charge in [-0.2, -0.15) is 5.10 Å². The fraction of sp³-hybridized carbons (Fsp3) is 0.333. The van der Waals surface area contributed by atoms with Gasteiger partial charge in [0.15, 0.2) is 0 Å². The molecular formula is C15H17ClN4O2. The Balaban J connectivity index is 1.67. The van der Waals surface area contributed by atoms with Crippen LogP contribution in [0.4, 0.5) is 5.69 Å². The van der Waals surface area contributed by atoms with Crippen molar-refractivity contribution in [1.82, 2.24) is 15.5 Å². The number of halogens is 1. The van der Waals surface area contributed by atoms with E-state index in [2.05, 4.69) is 20.4 Å². The number of methoxy groups -OCH3 is 1. The van der Waals surface area contributed by atoms with Crippen molar-refractivity contribution < 1.29 is 9.53 Å². The highest BCUT2D eigenvalue weighted by molar-refractivity contribution is 6.30. The number of hydrogen-bond donors (Lipinski definition) is 2. The molecule has 2 aromatic rings. The van der Waals surface area contributed by atoms with Crippen LogP contribution in [0, 0.1) is 0 Å². The normalized spacial score (nSPS) is 17.5. The number of rotatable bonds is 4. The quantitative estimate of drug-likeness (QED) is 0.905. The molecule has 1 aliphatic rings. The molecule has 0 spiro atoms. The minimum Gasteiger partial charge on any atom is -0.495 e. The van der Waals surface area contributed by atoms with Crippen molar-refractivity contribution >= 4 is 23.2 Å². The van der Waals surface area contributed by atoms with Gasteiger partial charge in [-0.25, -0.2) is 0 Å². The van der Waals surface area contributed by atoms with E-state index < -0.39 is 0 Å². The molecule has 2 heterocycles. The highest BCUT2D eigenvalue weighted by Crippen LogP contribution is 2.33. The highest BCUT2D eigenvalue weighted by Gasteiger charge is 2.26. The molecule has 1 aromatic carbocycles. The summed E-state index contributed by atoms with van der Waals surface area (Å²) in [5.74, 6) is 0.671. The van der Waals surface area contributed by atoms with Crippen LogP contribution in [0.15, 0.2) is 30.6 Å². The summed E-state index contributed by atoms with van der Waals surface area (Å²) in [6.07, 6.45) is 3.98. The zero-order chi connectivity index (χ0) is 15.5. The molecular weight excluding hydrogens is 304 g/mol. The number of benzene rings is 1. The van der Waals surface area contributed by atoms with E-state index in [9.17, 15) is 4.79 Å². The molecule has 7 heteroatoms. The molecule has 1 amide bonds. The molecule has 1 atom stereocenters. The minimum absolute atomic E-state index is 0.0890. The number of carbonyl (C=O) groups is 1. The molecule has 0 aliphatic carbocycles. The van der Waals surface area contributed by atoms with Gasteiger partial charge >= 0.3 is 0 Å². The number of carbonyl (C=O) groups excluding carboxylic acids is 1. The van der Waals surface area contributed by atoms with E-state index in [0.717, 1.165) is 30.9 Å². The Kier molecular flexibility index (Phi) is 4.20. The topological polar surface area (TPSA) is 70.2 Å². The first kappa shape index (κ1) is 14.7. The molecule has 0 saturated carbocycles. The Bertz CT molecular complexity index is 660. The van der Waals surface area contributed by atoms with Crippen molar-refractivity contribution in [3.8, 4) is 5.75 Å². The predicted molar refractivity (Wildman–Crippen MR) is 84.7 cm³/mol. The van der Waals surface area contributed by atoms with Crippen molar-refractivity contribution in [1.29, 1.82) is 0 Å². The van der Waals surface area contributed by atoms with Gasteiger partial charge in [-0.3, -0.25) is 9.89 Å². The van der Waals surface area contributed by atoms with Crippen molar-refractivity contribution in [2.75, 3.05) is 25.1 Å². The summed E-state index contributed by atoms with van der Waals surface area (Å²) < 4.78 is 5.39. The Morgan fingerprint density at radius 1 is 1.55 bits per heavy atom. The van der Waals surface area contributed by atoms with E-state index >= 15 is 0 Å². The first-order chi connectivity index (χ1) is 10.7. The molecule has 116 valence electrons. The Morgan fingerprint density at radius 2 is 2.41 bits per heavy atom. The third kappa shape index (κ3) is 3.01. The fourth-order valence-electron chi connectivity index (χ4n) is 2.65. The average Bonchev–Trinajstić information content (AvgIpc) is 3.18. The zero-order valence-electron chi connectivity index (χ0n) is 12.2. The van der Waals surface area contributed by atoms with E-state index in [1.807, 2.05) is 12.1 Å². The summed E-state index contributed by atoms with van der Waals surface area (Å²) in [4.78, 5) is 14.2. The lowest BCUT2D eigenvalue weighted by atomic mass is 10.2. The Morgan fingerprint density at radius 3 is 3.14 bits per heavy atom. The van der Waals surface area contributed by atoms with E-state index in [1.165, 1.54) is 6.20 Å². The van der Waals surface area contributed by atoms with Gasteiger partial charge < -0.3 is 15.0 Å². The van der Waals surface area contributed by atoms with Crippen molar-refractivity contribution in [2.24, 2.45) is 0 Å². The van der Waals surface area contributed by atoms with Crippen LogP contribution >= 0.6 is 11.6 Å². The molecule has 0 unspecified atom stereocenters. The summed E-state index contributed by atoms with van der Waals surface area (Å²) in [5.41, 5.74) is 1.49. The maximum atomic E-state index is 12.0. The van der Waals surface area contributed by atoms with Gasteiger partial charge in [0.25, 0.3) is 5.91 Å². The SMILES string of the molecule is COc1ccc(Cl)cc1N1CC[C@H](NC(=O)c2cn[nH]c2)C1. The standard InChI is InChI=1S/C15H17ClN4O2/c1-22-14-3-2-11(16)6-13(14)20-5-4-12(9-20)19-15(21)10-7-17-18-8-10/h2-3,6-8,12H,4-5,9H2,1H3,(H,17,18)(H,19,21)/t12-/m0/s1. The smallest absolute Gasteiger partial charge is 0.254 e. The van der Waals surface area contributed by atoms with Gasteiger partial charge in [0, 0.05) is 30.4 Å². The molecule has 1 aromatic heterocycles. The summed E-state index contributed by atoms with van der Waals surface area (Å²) in [7, 11) is 1.64. The lowest BCUT2D eigenvalue weighted by molar-refractivity contribution is 0.0940. The maximum absolute atomic E-state index is 12.0. The van der Waals surface area contributed by atoms with Crippen LogP contribution in [0.2, 0.25) is 5.02 Å². The average molecular weight is 321 g/mol. The minimum atomic E-state index is -0.112. The van der Waals surface area contributed by atoms with E-state index in [0.29, 0.717) is 10.6 Å². The molecule has 22 heavy (non-hydrogen) atoms. The predicted octanol–water partition coefficient (Wildman–Crippen LogP) is 2.08. The lowest BCUT2D eigenvalue weighted by Crippen LogP contribution is -2.37. The third-order valence-electron chi connectivity index (χ3n) is 3.77. The number of hydrogen-bond acceptors (Lipinski definition) is 4. The van der Waals surface area contributed by atoms with Crippen LogP contribution in [0.25, 0.3) is 0 Å². The molecule has 0 bridgehead atoms.